The van der Waals surface area contributed by atoms with Crippen LogP contribution < -0.4 is 10.6 Å². The quantitative estimate of drug-likeness (QED) is 0.718. The average molecular weight is 370 g/mol. The van der Waals surface area contributed by atoms with E-state index >= 15 is 0 Å². The first-order valence-corrected chi connectivity index (χ1v) is 8.87. The Labute approximate surface area is 154 Å². The molecule has 0 atom stereocenters. The van der Waals surface area contributed by atoms with Crippen molar-refractivity contribution in [1.29, 1.82) is 0 Å². The Kier molecular flexibility index (Phi) is 5.08. The third-order valence-corrected chi connectivity index (χ3v) is 4.51. The molecule has 1 aromatic carbocycles. The maximum atomic E-state index is 12.7. The molecule has 0 saturated heterocycles. The number of carbonyl (C=O) groups excluding carboxylic acids is 2. The number of rotatable bonds is 5. The molecule has 0 aliphatic rings. The zero-order valence-electron chi connectivity index (χ0n) is 14.6. The van der Waals surface area contributed by atoms with Crippen molar-refractivity contribution in [2.75, 3.05) is 5.32 Å². The Balaban J connectivity index is 1.83. The maximum Gasteiger partial charge on any atom is 0.267 e. The van der Waals surface area contributed by atoms with E-state index in [1.165, 1.54) is 22.3 Å². The fraction of sp³-hybridized carbons (Fsp3) is 0.235. The second-order valence-electron chi connectivity index (χ2n) is 6.00. The first-order valence-electron chi connectivity index (χ1n) is 7.99. The number of hydrogen-bond donors (Lipinski definition) is 2. The standard InChI is InChI=1S/C17H18N6O2S/c1-10(2)19-16(24)13-8-12(5-4-11(13)3)20-17(25)15-14(6-7-26-15)23-9-18-21-22-23/h4-10H,1-3H3,(H,19,24)(H,20,25). The van der Waals surface area contributed by atoms with Crippen molar-refractivity contribution >= 4 is 28.8 Å². The molecule has 2 N–H and O–H groups in total. The molecule has 134 valence electrons. The van der Waals surface area contributed by atoms with E-state index in [1.54, 1.807) is 23.6 Å². The summed E-state index contributed by atoms with van der Waals surface area (Å²) < 4.78 is 1.43. The van der Waals surface area contributed by atoms with Crippen LogP contribution in [0, 0.1) is 6.92 Å². The summed E-state index contributed by atoms with van der Waals surface area (Å²) in [5.41, 5.74) is 2.52. The van der Waals surface area contributed by atoms with Gasteiger partial charge in [-0.15, -0.1) is 16.4 Å². The van der Waals surface area contributed by atoms with Crippen LogP contribution in [0.3, 0.4) is 0 Å². The van der Waals surface area contributed by atoms with Gasteiger partial charge in [0.15, 0.2) is 0 Å². The molecule has 2 amide bonds. The van der Waals surface area contributed by atoms with Crippen molar-refractivity contribution in [2.45, 2.75) is 26.8 Å². The molecule has 8 nitrogen and oxygen atoms in total. The highest BCUT2D eigenvalue weighted by molar-refractivity contribution is 7.12. The fourth-order valence-electron chi connectivity index (χ4n) is 2.40. The molecule has 0 unspecified atom stereocenters. The Morgan fingerprint density at radius 1 is 1.19 bits per heavy atom. The van der Waals surface area contributed by atoms with Crippen LogP contribution in [-0.2, 0) is 0 Å². The average Bonchev–Trinajstić information content (AvgIpc) is 3.26. The Hall–Kier alpha value is -3.07. The molecule has 0 radical (unpaired) electrons. The summed E-state index contributed by atoms with van der Waals surface area (Å²) in [6.45, 7) is 5.66. The van der Waals surface area contributed by atoms with Crippen molar-refractivity contribution in [1.82, 2.24) is 25.5 Å². The van der Waals surface area contributed by atoms with E-state index in [4.69, 9.17) is 0 Å². The van der Waals surface area contributed by atoms with Crippen molar-refractivity contribution in [3.8, 4) is 5.69 Å². The SMILES string of the molecule is Cc1ccc(NC(=O)c2sccc2-n2cnnn2)cc1C(=O)NC(C)C. The number of thiophene rings is 1. The van der Waals surface area contributed by atoms with E-state index in [1.807, 2.05) is 26.8 Å². The van der Waals surface area contributed by atoms with Gasteiger partial charge < -0.3 is 10.6 Å². The molecule has 0 aliphatic heterocycles. The number of anilines is 1. The monoisotopic (exact) mass is 370 g/mol. The van der Waals surface area contributed by atoms with E-state index in [0.717, 1.165) is 5.56 Å². The van der Waals surface area contributed by atoms with Gasteiger partial charge in [-0.25, -0.2) is 0 Å². The molecular weight excluding hydrogens is 352 g/mol. The van der Waals surface area contributed by atoms with Crippen LogP contribution >= 0.6 is 11.3 Å². The maximum absolute atomic E-state index is 12.7. The number of hydrogen-bond acceptors (Lipinski definition) is 6. The van der Waals surface area contributed by atoms with E-state index in [2.05, 4.69) is 26.2 Å². The summed E-state index contributed by atoms with van der Waals surface area (Å²) >= 11 is 1.29. The van der Waals surface area contributed by atoms with Gasteiger partial charge in [0, 0.05) is 17.3 Å². The highest BCUT2D eigenvalue weighted by Crippen LogP contribution is 2.22. The molecule has 3 aromatic rings. The Bertz CT molecular complexity index is 933. The summed E-state index contributed by atoms with van der Waals surface area (Å²) in [5, 5.41) is 18.5. The number of amides is 2. The van der Waals surface area contributed by atoms with Crippen LogP contribution in [0.2, 0.25) is 0 Å². The molecule has 0 spiro atoms. The molecule has 2 aromatic heterocycles. The normalized spacial score (nSPS) is 10.8. The molecule has 0 aliphatic carbocycles. The zero-order valence-corrected chi connectivity index (χ0v) is 15.4. The smallest absolute Gasteiger partial charge is 0.267 e. The molecule has 0 saturated carbocycles. The third-order valence-electron chi connectivity index (χ3n) is 3.61. The van der Waals surface area contributed by atoms with Crippen LogP contribution in [0.5, 0.6) is 0 Å². The minimum absolute atomic E-state index is 0.0325. The first kappa shape index (κ1) is 17.7. The van der Waals surface area contributed by atoms with Crippen LogP contribution in [0.1, 0.15) is 39.4 Å². The van der Waals surface area contributed by atoms with Crippen molar-refractivity contribution in [2.24, 2.45) is 0 Å². The molecular formula is C17H18N6O2S. The number of nitrogens with zero attached hydrogens (tertiary/aromatic N) is 4. The minimum Gasteiger partial charge on any atom is -0.350 e. The van der Waals surface area contributed by atoms with E-state index in [-0.39, 0.29) is 17.9 Å². The lowest BCUT2D eigenvalue weighted by Gasteiger charge is -2.12. The fourth-order valence-corrected chi connectivity index (χ4v) is 3.17. The number of carbonyl (C=O) groups is 2. The second kappa shape index (κ2) is 7.44. The highest BCUT2D eigenvalue weighted by atomic mass is 32.1. The first-order chi connectivity index (χ1) is 12.5. The van der Waals surface area contributed by atoms with Gasteiger partial charge >= 0.3 is 0 Å². The molecule has 2 heterocycles. The van der Waals surface area contributed by atoms with Crippen LogP contribution in [0.4, 0.5) is 5.69 Å². The summed E-state index contributed by atoms with van der Waals surface area (Å²) in [4.78, 5) is 25.4. The van der Waals surface area contributed by atoms with E-state index < -0.39 is 0 Å². The lowest BCUT2D eigenvalue weighted by molar-refractivity contribution is 0.0941. The molecule has 0 bridgehead atoms. The lowest BCUT2D eigenvalue weighted by Crippen LogP contribution is -2.30. The third kappa shape index (κ3) is 3.77. The van der Waals surface area contributed by atoms with E-state index in [0.29, 0.717) is 21.8 Å². The lowest BCUT2D eigenvalue weighted by atomic mass is 10.1. The van der Waals surface area contributed by atoms with Crippen LogP contribution in [0.15, 0.2) is 36.0 Å². The van der Waals surface area contributed by atoms with Crippen molar-refractivity contribution in [3.05, 3.63) is 52.0 Å². The van der Waals surface area contributed by atoms with Crippen molar-refractivity contribution < 1.29 is 9.59 Å². The molecule has 9 heteroatoms. The topological polar surface area (TPSA) is 102 Å². The largest absolute Gasteiger partial charge is 0.350 e. The van der Waals surface area contributed by atoms with Gasteiger partial charge in [0.05, 0.1) is 5.69 Å². The summed E-state index contributed by atoms with van der Waals surface area (Å²) in [6, 6.07) is 7.05. The molecule has 26 heavy (non-hydrogen) atoms. The number of benzene rings is 1. The molecule has 0 fully saturated rings. The summed E-state index contributed by atoms with van der Waals surface area (Å²) in [5.74, 6) is -0.455. The van der Waals surface area contributed by atoms with Gasteiger partial charge in [-0.3, -0.25) is 9.59 Å². The summed E-state index contributed by atoms with van der Waals surface area (Å²) in [6.07, 6.45) is 1.43. The minimum atomic E-state index is -0.287. The van der Waals surface area contributed by atoms with Gasteiger partial charge in [0.2, 0.25) is 0 Å². The van der Waals surface area contributed by atoms with Crippen molar-refractivity contribution in [3.63, 3.8) is 0 Å². The number of aryl methyl sites for hydroxylation is 1. The second-order valence-corrected chi connectivity index (χ2v) is 6.92. The van der Waals surface area contributed by atoms with E-state index in [9.17, 15) is 9.59 Å². The number of nitrogens with one attached hydrogen (secondary N) is 2. The predicted octanol–water partition coefficient (Wildman–Crippen LogP) is 2.42. The van der Waals surface area contributed by atoms with Gasteiger partial charge in [-0.2, -0.15) is 4.68 Å². The number of aromatic nitrogens is 4. The van der Waals surface area contributed by atoms with Gasteiger partial charge in [-0.05, 0) is 60.3 Å². The Morgan fingerprint density at radius 2 is 2.00 bits per heavy atom. The summed E-state index contributed by atoms with van der Waals surface area (Å²) in [7, 11) is 0. The van der Waals surface area contributed by atoms with Crippen LogP contribution in [-0.4, -0.2) is 38.1 Å². The zero-order chi connectivity index (χ0) is 18.7. The van der Waals surface area contributed by atoms with Gasteiger partial charge in [-0.1, -0.05) is 6.07 Å². The molecule has 3 rings (SSSR count). The highest BCUT2D eigenvalue weighted by Gasteiger charge is 2.17. The predicted molar refractivity (Wildman–Crippen MR) is 98.8 cm³/mol. The van der Waals surface area contributed by atoms with Crippen LogP contribution in [0.25, 0.3) is 5.69 Å². The van der Waals surface area contributed by atoms with Gasteiger partial charge in [0.25, 0.3) is 11.8 Å². The van der Waals surface area contributed by atoms with Gasteiger partial charge in [0.1, 0.15) is 11.2 Å². The number of tetrazole rings is 1. The Morgan fingerprint density at radius 3 is 2.69 bits per heavy atom.